The molecule has 1 N–H and O–H groups in total. The van der Waals surface area contributed by atoms with Crippen LogP contribution in [0.3, 0.4) is 0 Å². The molecule has 1 aromatic rings. The Balaban J connectivity index is 2.41. The molecule has 120 valence electrons. The smallest absolute Gasteiger partial charge is 0.394 e. The van der Waals surface area contributed by atoms with Crippen LogP contribution in [0.25, 0.3) is 0 Å². The first-order chi connectivity index (χ1) is 10.1. The van der Waals surface area contributed by atoms with E-state index in [1.165, 1.54) is 6.07 Å². The first kappa shape index (κ1) is 16.0. The summed E-state index contributed by atoms with van der Waals surface area (Å²) in [5, 5.41) is 19.9. The third-order valence-corrected chi connectivity index (χ3v) is 3.55. The number of hydrogen-bond donors (Lipinski definition) is 1. The number of rotatable bonds is 3. The molecule has 0 unspecified atom stereocenters. The Kier molecular flexibility index (Phi) is 3.94. The van der Waals surface area contributed by atoms with Gasteiger partial charge in [0, 0.05) is 24.8 Å². The van der Waals surface area contributed by atoms with Gasteiger partial charge in [0.15, 0.2) is 0 Å². The minimum Gasteiger partial charge on any atom is -0.481 e. The van der Waals surface area contributed by atoms with Gasteiger partial charge in [-0.25, -0.2) is 4.98 Å². The van der Waals surface area contributed by atoms with Crippen molar-refractivity contribution in [3.8, 4) is 0 Å². The highest BCUT2D eigenvalue weighted by Gasteiger charge is 2.53. The number of pyridine rings is 1. The van der Waals surface area contributed by atoms with Gasteiger partial charge in [0.25, 0.3) is 0 Å². The molecular formula is C12H12F3N3O4. The number of carboxylic acid groups (broad SMARTS) is 1. The fourth-order valence-corrected chi connectivity index (χ4v) is 2.47. The molecule has 1 saturated heterocycles. The van der Waals surface area contributed by atoms with Crippen LogP contribution in [0.1, 0.15) is 5.69 Å². The predicted octanol–water partition coefficient (Wildman–Crippen LogP) is 2.00. The summed E-state index contributed by atoms with van der Waals surface area (Å²) >= 11 is 0. The average Bonchev–Trinajstić information content (AvgIpc) is 2.83. The number of alkyl halides is 3. The topological polar surface area (TPSA) is 96.6 Å². The molecule has 1 aromatic heterocycles. The molecule has 1 fully saturated rings. The molecule has 2 atom stereocenters. The molecule has 1 aliphatic rings. The second-order valence-electron chi connectivity index (χ2n) is 5.05. The Hall–Kier alpha value is -2.39. The van der Waals surface area contributed by atoms with E-state index >= 15 is 0 Å². The van der Waals surface area contributed by atoms with Gasteiger partial charge in [-0.05, 0) is 13.0 Å². The second-order valence-corrected chi connectivity index (χ2v) is 5.05. The van der Waals surface area contributed by atoms with E-state index in [2.05, 4.69) is 4.98 Å². The van der Waals surface area contributed by atoms with Crippen LogP contribution in [-0.4, -0.2) is 40.2 Å². The molecule has 0 bridgehead atoms. The van der Waals surface area contributed by atoms with E-state index in [0.29, 0.717) is 5.69 Å². The quantitative estimate of drug-likeness (QED) is 0.676. The zero-order chi connectivity index (χ0) is 16.7. The maximum Gasteiger partial charge on any atom is 0.394 e. The molecule has 22 heavy (non-hydrogen) atoms. The van der Waals surface area contributed by atoms with Crippen LogP contribution in [0.2, 0.25) is 0 Å². The van der Waals surface area contributed by atoms with E-state index in [9.17, 15) is 28.1 Å². The highest BCUT2D eigenvalue weighted by molar-refractivity contribution is 5.73. The van der Waals surface area contributed by atoms with Gasteiger partial charge in [-0.3, -0.25) is 14.9 Å². The third-order valence-electron chi connectivity index (χ3n) is 3.55. The summed E-state index contributed by atoms with van der Waals surface area (Å²) in [5.41, 5.74) is -0.0551. The van der Waals surface area contributed by atoms with Crippen LogP contribution in [-0.2, 0) is 4.79 Å². The zero-order valence-corrected chi connectivity index (χ0v) is 11.4. The number of aryl methyl sites for hydroxylation is 1. The summed E-state index contributed by atoms with van der Waals surface area (Å²) in [6, 6.07) is 2.52. The number of anilines is 1. The first-order valence-electron chi connectivity index (χ1n) is 6.27. The Morgan fingerprint density at radius 3 is 2.55 bits per heavy atom. The highest BCUT2D eigenvalue weighted by Crippen LogP contribution is 2.40. The van der Waals surface area contributed by atoms with Crippen molar-refractivity contribution >= 4 is 17.5 Å². The number of carboxylic acids is 1. The van der Waals surface area contributed by atoms with Crippen molar-refractivity contribution in [3.63, 3.8) is 0 Å². The van der Waals surface area contributed by atoms with Crippen LogP contribution >= 0.6 is 0 Å². The molecule has 10 heteroatoms. The summed E-state index contributed by atoms with van der Waals surface area (Å²) in [6.45, 7) is 0.397. The Bertz CT molecular complexity index is 620. The zero-order valence-electron chi connectivity index (χ0n) is 11.4. The molecule has 0 amide bonds. The van der Waals surface area contributed by atoms with E-state index < -0.39 is 47.7 Å². The monoisotopic (exact) mass is 319 g/mol. The fraction of sp³-hybridized carbons (Fsp3) is 0.500. The second kappa shape index (κ2) is 5.43. The molecule has 2 heterocycles. The molecule has 2 rings (SSSR count). The van der Waals surface area contributed by atoms with Crippen molar-refractivity contribution < 1.29 is 28.0 Å². The maximum atomic E-state index is 13.0. The van der Waals surface area contributed by atoms with Crippen LogP contribution in [0.4, 0.5) is 24.7 Å². The summed E-state index contributed by atoms with van der Waals surface area (Å²) in [5.74, 6) is -5.59. The van der Waals surface area contributed by atoms with E-state index in [-0.39, 0.29) is 5.82 Å². The van der Waals surface area contributed by atoms with Gasteiger partial charge < -0.3 is 10.0 Å². The molecular weight excluding hydrogens is 307 g/mol. The average molecular weight is 319 g/mol. The lowest BCUT2D eigenvalue weighted by molar-refractivity contribution is -0.384. The molecule has 0 spiro atoms. The van der Waals surface area contributed by atoms with Gasteiger partial charge in [0.05, 0.1) is 16.8 Å². The standard InChI is InChI=1S/C12H12F3N3O4/c1-6-2-3-9(18(21)22)10(16-6)17-4-7(11(19)20)8(5-17)12(13,14)15/h2-3,7-8H,4-5H2,1H3,(H,19,20)/t7-,8-/m1/s1. The number of aliphatic carboxylic acids is 1. The minimum atomic E-state index is -4.70. The summed E-state index contributed by atoms with van der Waals surface area (Å²) in [7, 11) is 0. The van der Waals surface area contributed by atoms with Crippen molar-refractivity contribution in [2.45, 2.75) is 13.1 Å². The van der Waals surface area contributed by atoms with Crippen molar-refractivity contribution in [2.75, 3.05) is 18.0 Å². The van der Waals surface area contributed by atoms with E-state index in [1.54, 1.807) is 6.92 Å². The van der Waals surface area contributed by atoms with Gasteiger partial charge in [-0.2, -0.15) is 13.2 Å². The van der Waals surface area contributed by atoms with Gasteiger partial charge in [-0.1, -0.05) is 0 Å². The maximum absolute atomic E-state index is 13.0. The van der Waals surface area contributed by atoms with Gasteiger partial charge in [-0.15, -0.1) is 0 Å². The SMILES string of the molecule is Cc1ccc([N+](=O)[O-])c(N2C[C@@H](C(F)(F)F)[C@H](C(=O)O)C2)n1. The number of hydrogen-bond acceptors (Lipinski definition) is 5. The van der Waals surface area contributed by atoms with Crippen molar-refractivity contribution in [1.82, 2.24) is 4.98 Å². The van der Waals surface area contributed by atoms with Gasteiger partial charge in [0.1, 0.15) is 0 Å². The molecule has 0 aliphatic carbocycles. The van der Waals surface area contributed by atoms with Crippen LogP contribution in [0.15, 0.2) is 12.1 Å². The molecule has 0 aromatic carbocycles. The van der Waals surface area contributed by atoms with E-state index in [4.69, 9.17) is 5.11 Å². The largest absolute Gasteiger partial charge is 0.481 e. The van der Waals surface area contributed by atoms with E-state index in [1.807, 2.05) is 0 Å². The summed E-state index contributed by atoms with van der Waals surface area (Å²) in [4.78, 5) is 26.2. The number of halogens is 3. The fourth-order valence-electron chi connectivity index (χ4n) is 2.47. The van der Waals surface area contributed by atoms with Crippen LogP contribution < -0.4 is 4.90 Å². The number of aromatic nitrogens is 1. The number of nitrogens with zero attached hydrogens (tertiary/aromatic N) is 3. The summed E-state index contributed by atoms with van der Waals surface area (Å²) in [6.07, 6.45) is -4.70. The Labute approximate surface area is 122 Å². The number of nitro groups is 1. The molecule has 1 aliphatic heterocycles. The molecule has 7 nitrogen and oxygen atoms in total. The van der Waals surface area contributed by atoms with Gasteiger partial charge >= 0.3 is 17.8 Å². The van der Waals surface area contributed by atoms with Crippen molar-refractivity contribution in [3.05, 3.63) is 27.9 Å². The lowest BCUT2D eigenvalue weighted by Gasteiger charge is -2.19. The summed E-state index contributed by atoms with van der Waals surface area (Å²) < 4.78 is 38.9. The third kappa shape index (κ3) is 2.95. The Morgan fingerprint density at radius 1 is 1.45 bits per heavy atom. The first-order valence-corrected chi connectivity index (χ1v) is 6.27. The Morgan fingerprint density at radius 2 is 2.09 bits per heavy atom. The lowest BCUT2D eigenvalue weighted by Crippen LogP contribution is -2.33. The van der Waals surface area contributed by atoms with Crippen molar-refractivity contribution in [1.29, 1.82) is 0 Å². The molecule has 0 saturated carbocycles. The minimum absolute atomic E-state index is 0.233. The van der Waals surface area contributed by atoms with Crippen LogP contribution in [0, 0.1) is 28.9 Å². The van der Waals surface area contributed by atoms with E-state index in [0.717, 1.165) is 11.0 Å². The van der Waals surface area contributed by atoms with Crippen LogP contribution in [0.5, 0.6) is 0 Å². The normalized spacial score (nSPS) is 21.9. The van der Waals surface area contributed by atoms with Gasteiger partial charge in [0.2, 0.25) is 5.82 Å². The van der Waals surface area contributed by atoms with Crippen molar-refractivity contribution in [2.24, 2.45) is 11.8 Å². The predicted molar refractivity (Wildman–Crippen MR) is 68.5 cm³/mol. The lowest BCUT2D eigenvalue weighted by atomic mass is 9.96. The molecule has 0 radical (unpaired) electrons. The number of carbonyl (C=O) groups is 1. The highest BCUT2D eigenvalue weighted by atomic mass is 19.4.